The Bertz CT molecular complexity index is 240. The third kappa shape index (κ3) is 1.28. The molecule has 0 amide bonds. The SMILES string of the molecule is NCCc1nocc1C1CC1. The second-order valence-electron chi connectivity index (χ2n) is 3.03. The Morgan fingerprint density at radius 2 is 2.45 bits per heavy atom. The van der Waals surface area contributed by atoms with E-state index in [1.165, 1.54) is 18.4 Å². The molecule has 3 nitrogen and oxygen atoms in total. The lowest BCUT2D eigenvalue weighted by Crippen LogP contribution is -2.04. The van der Waals surface area contributed by atoms with Gasteiger partial charge in [0.05, 0.1) is 5.69 Å². The van der Waals surface area contributed by atoms with Gasteiger partial charge in [-0.1, -0.05) is 5.16 Å². The van der Waals surface area contributed by atoms with Crippen LogP contribution in [0, 0.1) is 0 Å². The predicted octanol–water partition coefficient (Wildman–Crippen LogP) is 1.05. The lowest BCUT2D eigenvalue weighted by Gasteiger charge is -1.93. The molecule has 0 aromatic carbocycles. The Labute approximate surface area is 65.6 Å². The third-order valence-electron chi connectivity index (χ3n) is 2.07. The smallest absolute Gasteiger partial charge is 0.127 e. The van der Waals surface area contributed by atoms with Crippen molar-refractivity contribution in [1.29, 1.82) is 0 Å². The van der Waals surface area contributed by atoms with E-state index in [4.69, 9.17) is 10.3 Å². The van der Waals surface area contributed by atoms with Gasteiger partial charge in [-0.3, -0.25) is 0 Å². The van der Waals surface area contributed by atoms with Gasteiger partial charge in [-0.15, -0.1) is 0 Å². The zero-order valence-corrected chi connectivity index (χ0v) is 6.42. The van der Waals surface area contributed by atoms with Gasteiger partial charge in [0.2, 0.25) is 0 Å². The summed E-state index contributed by atoms with van der Waals surface area (Å²) in [6, 6.07) is 0. The summed E-state index contributed by atoms with van der Waals surface area (Å²) in [7, 11) is 0. The fourth-order valence-electron chi connectivity index (χ4n) is 1.32. The van der Waals surface area contributed by atoms with Crippen molar-refractivity contribution in [3.05, 3.63) is 17.5 Å². The molecule has 0 bridgehead atoms. The van der Waals surface area contributed by atoms with Gasteiger partial charge in [0.1, 0.15) is 6.26 Å². The van der Waals surface area contributed by atoms with Crippen molar-refractivity contribution in [3.63, 3.8) is 0 Å². The summed E-state index contributed by atoms with van der Waals surface area (Å²) < 4.78 is 4.89. The summed E-state index contributed by atoms with van der Waals surface area (Å²) in [6.45, 7) is 0.659. The van der Waals surface area contributed by atoms with Crippen LogP contribution < -0.4 is 5.73 Å². The van der Waals surface area contributed by atoms with E-state index in [9.17, 15) is 0 Å². The van der Waals surface area contributed by atoms with E-state index >= 15 is 0 Å². The van der Waals surface area contributed by atoms with Gasteiger partial charge in [-0.05, 0) is 25.3 Å². The summed E-state index contributed by atoms with van der Waals surface area (Å²) in [5, 5.41) is 3.91. The Morgan fingerprint density at radius 3 is 3.09 bits per heavy atom. The molecule has 0 atom stereocenters. The predicted molar refractivity (Wildman–Crippen MR) is 41.2 cm³/mol. The Hall–Kier alpha value is -0.830. The molecular formula is C8H12N2O. The average molecular weight is 152 g/mol. The van der Waals surface area contributed by atoms with Gasteiger partial charge >= 0.3 is 0 Å². The first kappa shape index (κ1) is 6.85. The number of aromatic nitrogens is 1. The molecule has 0 radical (unpaired) electrons. The molecule has 1 aromatic rings. The van der Waals surface area contributed by atoms with Crippen LogP contribution in [-0.2, 0) is 6.42 Å². The second-order valence-corrected chi connectivity index (χ2v) is 3.03. The van der Waals surface area contributed by atoms with Crippen LogP contribution in [0.1, 0.15) is 30.0 Å². The molecular weight excluding hydrogens is 140 g/mol. The van der Waals surface area contributed by atoms with Crippen molar-refractivity contribution in [3.8, 4) is 0 Å². The minimum atomic E-state index is 0.659. The first-order valence-electron chi connectivity index (χ1n) is 4.05. The van der Waals surface area contributed by atoms with Gasteiger partial charge in [0.15, 0.2) is 0 Å². The zero-order chi connectivity index (χ0) is 7.68. The van der Waals surface area contributed by atoms with E-state index in [0.717, 1.165) is 18.0 Å². The van der Waals surface area contributed by atoms with E-state index in [-0.39, 0.29) is 0 Å². The lowest BCUT2D eigenvalue weighted by atomic mass is 10.1. The maximum atomic E-state index is 5.43. The highest BCUT2D eigenvalue weighted by Crippen LogP contribution is 2.41. The molecule has 11 heavy (non-hydrogen) atoms. The fraction of sp³-hybridized carbons (Fsp3) is 0.625. The highest BCUT2D eigenvalue weighted by molar-refractivity contribution is 5.24. The number of rotatable bonds is 3. The third-order valence-corrected chi connectivity index (χ3v) is 2.07. The summed E-state index contributed by atoms with van der Waals surface area (Å²) in [5.41, 5.74) is 7.78. The molecule has 1 aromatic heterocycles. The van der Waals surface area contributed by atoms with Gasteiger partial charge < -0.3 is 10.3 Å². The van der Waals surface area contributed by atoms with Crippen LogP contribution in [0.2, 0.25) is 0 Å². The summed E-state index contributed by atoms with van der Waals surface area (Å²) in [4.78, 5) is 0. The molecule has 3 heteroatoms. The van der Waals surface area contributed by atoms with Crippen LogP contribution in [0.3, 0.4) is 0 Å². The monoisotopic (exact) mass is 152 g/mol. The van der Waals surface area contributed by atoms with Crippen LogP contribution in [0.4, 0.5) is 0 Å². The van der Waals surface area contributed by atoms with E-state index in [1.807, 2.05) is 0 Å². The first-order chi connectivity index (χ1) is 5.42. The molecule has 2 N–H and O–H groups in total. The summed E-state index contributed by atoms with van der Waals surface area (Å²) >= 11 is 0. The molecule has 60 valence electrons. The van der Waals surface area contributed by atoms with Crippen LogP contribution in [0.25, 0.3) is 0 Å². The Balaban J connectivity index is 2.16. The normalized spacial score (nSPS) is 17.2. The van der Waals surface area contributed by atoms with Gasteiger partial charge in [0, 0.05) is 12.0 Å². The molecule has 0 unspecified atom stereocenters. The summed E-state index contributed by atoms with van der Waals surface area (Å²) in [6.07, 6.45) is 5.20. The standard InChI is InChI=1S/C8H12N2O/c9-4-3-8-7(5-11-10-8)6-1-2-6/h5-6H,1-4,9H2. The zero-order valence-electron chi connectivity index (χ0n) is 6.42. The topological polar surface area (TPSA) is 52.0 Å². The van der Waals surface area contributed by atoms with Crippen molar-refractivity contribution in [2.45, 2.75) is 25.2 Å². The first-order valence-corrected chi connectivity index (χ1v) is 4.05. The second kappa shape index (κ2) is 2.66. The number of hydrogen-bond donors (Lipinski definition) is 1. The van der Waals surface area contributed by atoms with Gasteiger partial charge in [-0.2, -0.15) is 0 Å². The van der Waals surface area contributed by atoms with Crippen molar-refractivity contribution in [2.24, 2.45) is 5.73 Å². The molecule has 0 spiro atoms. The van der Waals surface area contributed by atoms with Crippen LogP contribution in [0.5, 0.6) is 0 Å². The molecule has 1 aliphatic rings. The largest absolute Gasteiger partial charge is 0.364 e. The molecule has 1 heterocycles. The van der Waals surface area contributed by atoms with E-state index < -0.39 is 0 Å². The van der Waals surface area contributed by atoms with Crippen molar-refractivity contribution < 1.29 is 4.52 Å². The molecule has 1 saturated carbocycles. The number of nitrogens with two attached hydrogens (primary N) is 1. The number of hydrogen-bond acceptors (Lipinski definition) is 3. The van der Waals surface area contributed by atoms with E-state index in [2.05, 4.69) is 5.16 Å². The highest BCUT2D eigenvalue weighted by Gasteiger charge is 2.27. The molecule has 2 rings (SSSR count). The number of nitrogens with zero attached hydrogens (tertiary/aromatic N) is 1. The molecule has 0 aliphatic heterocycles. The molecule has 0 saturated heterocycles. The maximum absolute atomic E-state index is 5.43. The van der Waals surface area contributed by atoms with Gasteiger partial charge in [0.25, 0.3) is 0 Å². The van der Waals surface area contributed by atoms with Crippen molar-refractivity contribution in [2.75, 3.05) is 6.54 Å². The van der Waals surface area contributed by atoms with Crippen molar-refractivity contribution in [1.82, 2.24) is 5.16 Å². The minimum absolute atomic E-state index is 0.659. The molecule has 1 aliphatic carbocycles. The maximum Gasteiger partial charge on any atom is 0.127 e. The fourth-order valence-corrected chi connectivity index (χ4v) is 1.32. The van der Waals surface area contributed by atoms with E-state index in [0.29, 0.717) is 6.54 Å². The van der Waals surface area contributed by atoms with Crippen LogP contribution in [0.15, 0.2) is 10.8 Å². The molecule has 1 fully saturated rings. The van der Waals surface area contributed by atoms with Crippen LogP contribution in [-0.4, -0.2) is 11.7 Å². The summed E-state index contributed by atoms with van der Waals surface area (Å²) in [5.74, 6) is 0.725. The lowest BCUT2D eigenvalue weighted by molar-refractivity contribution is 0.411. The highest BCUT2D eigenvalue weighted by atomic mass is 16.5. The average Bonchev–Trinajstić information content (AvgIpc) is 2.75. The minimum Gasteiger partial charge on any atom is -0.364 e. The van der Waals surface area contributed by atoms with E-state index in [1.54, 1.807) is 6.26 Å². The quantitative estimate of drug-likeness (QED) is 0.704. The van der Waals surface area contributed by atoms with Crippen molar-refractivity contribution >= 4 is 0 Å². The Morgan fingerprint density at radius 1 is 1.64 bits per heavy atom. The Kier molecular flexibility index (Phi) is 1.66. The van der Waals surface area contributed by atoms with Gasteiger partial charge in [-0.25, -0.2) is 0 Å². The van der Waals surface area contributed by atoms with Crippen LogP contribution >= 0.6 is 0 Å².